The second-order valence-corrected chi connectivity index (χ2v) is 10.6. The van der Waals surface area contributed by atoms with Crippen molar-refractivity contribution in [1.82, 2.24) is 24.6 Å². The standard InChI is InChI=1S/C26H33N7O4/c1-26(2,33(25(35)36)18-5-6-18)11-16-7-8-32(14-16)23-13-27-21(12-28-23)24(34)29-20-9-17-15-31(3)30-19(17)10-22(20)37-4/h9-10,12-13,15-16,18H,5-8,11,14H2,1-4H3,(H,29,34)(H,35,36)/t16-/m1/s1. The molecule has 0 unspecified atom stereocenters. The number of aromatic nitrogens is 4. The monoisotopic (exact) mass is 507 g/mol. The fraction of sp³-hybridized carbons (Fsp3) is 0.500. The van der Waals surface area contributed by atoms with Gasteiger partial charge in [0.15, 0.2) is 0 Å². The number of amides is 2. The van der Waals surface area contributed by atoms with E-state index in [-0.39, 0.29) is 17.6 Å². The summed E-state index contributed by atoms with van der Waals surface area (Å²) < 4.78 is 7.14. The van der Waals surface area contributed by atoms with Gasteiger partial charge in [-0.3, -0.25) is 9.48 Å². The minimum Gasteiger partial charge on any atom is -0.494 e. The Morgan fingerprint density at radius 1 is 1.22 bits per heavy atom. The summed E-state index contributed by atoms with van der Waals surface area (Å²) >= 11 is 0. The summed E-state index contributed by atoms with van der Waals surface area (Å²) in [6.07, 6.45) is 7.80. The number of hydrogen-bond donors (Lipinski definition) is 2. The van der Waals surface area contributed by atoms with Crippen LogP contribution in [-0.2, 0) is 7.05 Å². The van der Waals surface area contributed by atoms with Crippen molar-refractivity contribution in [2.75, 3.05) is 30.4 Å². The van der Waals surface area contributed by atoms with Crippen molar-refractivity contribution >= 4 is 34.4 Å². The number of ether oxygens (including phenoxy) is 1. The smallest absolute Gasteiger partial charge is 0.407 e. The lowest BCUT2D eigenvalue weighted by Gasteiger charge is -2.38. The highest BCUT2D eigenvalue weighted by atomic mass is 16.5. The maximum absolute atomic E-state index is 12.9. The molecule has 1 saturated heterocycles. The molecule has 1 aromatic carbocycles. The largest absolute Gasteiger partial charge is 0.494 e. The molecule has 2 N–H and O–H groups in total. The second-order valence-electron chi connectivity index (χ2n) is 10.6. The molecule has 0 radical (unpaired) electrons. The molecule has 37 heavy (non-hydrogen) atoms. The van der Waals surface area contributed by atoms with Gasteiger partial charge in [-0.2, -0.15) is 5.10 Å². The number of fused-ring (bicyclic) bond motifs is 1. The molecule has 1 saturated carbocycles. The van der Waals surface area contributed by atoms with Crippen molar-refractivity contribution in [3.63, 3.8) is 0 Å². The maximum Gasteiger partial charge on any atom is 0.407 e. The zero-order chi connectivity index (χ0) is 26.3. The Bertz CT molecular complexity index is 1320. The van der Waals surface area contributed by atoms with E-state index in [2.05, 4.69) is 25.3 Å². The molecule has 11 nitrogen and oxygen atoms in total. The molecule has 11 heteroatoms. The van der Waals surface area contributed by atoms with Gasteiger partial charge in [0.1, 0.15) is 17.3 Å². The number of methoxy groups -OCH3 is 1. The number of carbonyl (C=O) groups excluding carboxylic acids is 1. The van der Waals surface area contributed by atoms with E-state index in [0.29, 0.717) is 23.2 Å². The van der Waals surface area contributed by atoms with Crippen molar-refractivity contribution in [2.24, 2.45) is 13.0 Å². The van der Waals surface area contributed by atoms with E-state index in [9.17, 15) is 14.7 Å². The molecule has 2 aromatic heterocycles. The van der Waals surface area contributed by atoms with E-state index in [0.717, 1.165) is 49.7 Å². The summed E-state index contributed by atoms with van der Waals surface area (Å²) in [5.41, 5.74) is 1.10. The predicted octanol–water partition coefficient (Wildman–Crippen LogP) is 3.76. The fourth-order valence-electron chi connectivity index (χ4n) is 5.48. The lowest BCUT2D eigenvalue weighted by Crippen LogP contribution is -2.49. The molecular formula is C26H33N7O4. The molecule has 0 bridgehead atoms. The summed E-state index contributed by atoms with van der Waals surface area (Å²) in [6.45, 7) is 5.65. The first-order chi connectivity index (χ1) is 17.6. The van der Waals surface area contributed by atoms with Gasteiger partial charge >= 0.3 is 6.09 Å². The summed E-state index contributed by atoms with van der Waals surface area (Å²) in [7, 11) is 3.38. The number of rotatable bonds is 8. The van der Waals surface area contributed by atoms with E-state index in [4.69, 9.17) is 4.74 Å². The number of aryl methyl sites for hydroxylation is 1. The van der Waals surface area contributed by atoms with E-state index < -0.39 is 11.6 Å². The third kappa shape index (κ3) is 5.16. The molecule has 1 atom stereocenters. The van der Waals surface area contributed by atoms with E-state index >= 15 is 0 Å². The summed E-state index contributed by atoms with van der Waals surface area (Å²) in [4.78, 5) is 37.4. The predicted molar refractivity (Wildman–Crippen MR) is 139 cm³/mol. The maximum atomic E-state index is 12.9. The summed E-state index contributed by atoms with van der Waals surface area (Å²) in [5, 5.41) is 17.8. The Labute approximate surface area is 215 Å². The Hall–Kier alpha value is -3.89. The Kier molecular flexibility index (Phi) is 6.38. The van der Waals surface area contributed by atoms with Crippen LogP contribution in [0.3, 0.4) is 0 Å². The zero-order valence-electron chi connectivity index (χ0n) is 21.6. The van der Waals surface area contributed by atoms with Crippen molar-refractivity contribution in [2.45, 2.75) is 51.1 Å². The van der Waals surface area contributed by atoms with Crippen molar-refractivity contribution in [3.05, 3.63) is 36.4 Å². The van der Waals surface area contributed by atoms with Crippen LogP contribution in [0.2, 0.25) is 0 Å². The van der Waals surface area contributed by atoms with Crippen molar-refractivity contribution in [1.29, 1.82) is 0 Å². The van der Waals surface area contributed by atoms with Crippen LogP contribution in [0, 0.1) is 5.92 Å². The van der Waals surface area contributed by atoms with Crippen LogP contribution in [-0.4, -0.2) is 73.5 Å². The average molecular weight is 508 g/mol. The topological polar surface area (TPSA) is 126 Å². The van der Waals surface area contributed by atoms with Crippen LogP contribution in [0.15, 0.2) is 30.7 Å². The molecule has 3 heterocycles. The Morgan fingerprint density at radius 3 is 2.65 bits per heavy atom. The molecule has 0 spiro atoms. The molecule has 1 aliphatic heterocycles. The highest BCUT2D eigenvalue weighted by Crippen LogP contribution is 2.38. The highest BCUT2D eigenvalue weighted by molar-refractivity contribution is 6.04. The molecule has 2 amide bonds. The van der Waals surface area contributed by atoms with Crippen LogP contribution in [0.5, 0.6) is 5.75 Å². The molecule has 2 aliphatic rings. The summed E-state index contributed by atoms with van der Waals surface area (Å²) in [6, 6.07) is 3.76. The second kappa shape index (κ2) is 9.53. The molecule has 2 fully saturated rings. The zero-order valence-corrected chi connectivity index (χ0v) is 21.6. The molecule has 5 rings (SSSR count). The number of benzene rings is 1. The van der Waals surface area contributed by atoms with E-state index in [1.807, 2.05) is 33.2 Å². The molecular weight excluding hydrogens is 474 g/mol. The number of nitrogens with one attached hydrogen (secondary N) is 1. The lowest BCUT2D eigenvalue weighted by atomic mass is 9.88. The van der Waals surface area contributed by atoms with Crippen LogP contribution in [0.4, 0.5) is 16.3 Å². The summed E-state index contributed by atoms with van der Waals surface area (Å²) in [5.74, 6) is 1.20. The molecule has 196 valence electrons. The van der Waals surface area contributed by atoms with Crippen molar-refractivity contribution in [3.8, 4) is 5.75 Å². The van der Waals surface area contributed by atoms with Crippen LogP contribution >= 0.6 is 0 Å². The van der Waals surface area contributed by atoms with Gasteiger partial charge in [0.05, 0.1) is 30.7 Å². The quantitative estimate of drug-likeness (QED) is 0.472. The van der Waals surface area contributed by atoms with Gasteiger partial charge in [0, 0.05) is 49.4 Å². The van der Waals surface area contributed by atoms with Gasteiger partial charge in [-0.1, -0.05) is 0 Å². The fourth-order valence-corrected chi connectivity index (χ4v) is 5.48. The van der Waals surface area contributed by atoms with E-state index in [1.54, 1.807) is 29.0 Å². The molecule has 3 aromatic rings. The number of nitrogens with zero attached hydrogens (tertiary/aromatic N) is 6. The SMILES string of the molecule is COc1cc2nn(C)cc2cc1NC(=O)c1cnc(N2CC[C@H](CC(C)(C)N(C(=O)O)C3CC3)C2)cn1. The van der Waals surface area contributed by atoms with Gasteiger partial charge in [-0.15, -0.1) is 0 Å². The van der Waals surface area contributed by atoms with Crippen LogP contribution in [0.25, 0.3) is 10.9 Å². The first-order valence-electron chi connectivity index (χ1n) is 12.6. The highest BCUT2D eigenvalue weighted by Gasteiger charge is 2.43. The number of carboxylic acid groups (broad SMARTS) is 1. The lowest BCUT2D eigenvalue weighted by molar-refractivity contribution is 0.0745. The normalized spacial score (nSPS) is 17.7. The number of anilines is 2. The van der Waals surface area contributed by atoms with Gasteiger partial charge < -0.3 is 25.0 Å². The average Bonchev–Trinajstić information content (AvgIpc) is 3.43. The van der Waals surface area contributed by atoms with Crippen LogP contribution < -0.4 is 15.0 Å². The third-order valence-corrected chi connectivity index (χ3v) is 7.23. The van der Waals surface area contributed by atoms with Crippen molar-refractivity contribution < 1.29 is 19.4 Å². The molecule has 1 aliphatic carbocycles. The Morgan fingerprint density at radius 2 is 2.00 bits per heavy atom. The number of hydrogen-bond acceptors (Lipinski definition) is 7. The van der Waals surface area contributed by atoms with Gasteiger partial charge in [0.25, 0.3) is 5.91 Å². The van der Waals surface area contributed by atoms with Crippen LogP contribution in [0.1, 0.15) is 50.0 Å². The minimum absolute atomic E-state index is 0.154. The Balaban J connectivity index is 1.22. The van der Waals surface area contributed by atoms with E-state index in [1.165, 1.54) is 6.20 Å². The third-order valence-electron chi connectivity index (χ3n) is 7.23. The van der Waals surface area contributed by atoms with Gasteiger partial charge in [-0.05, 0) is 51.5 Å². The first kappa shape index (κ1) is 24.8. The minimum atomic E-state index is -0.833. The first-order valence-corrected chi connectivity index (χ1v) is 12.6. The number of carbonyl (C=O) groups is 2. The van der Waals surface area contributed by atoms with Gasteiger partial charge in [0.2, 0.25) is 0 Å². The van der Waals surface area contributed by atoms with Gasteiger partial charge in [-0.25, -0.2) is 14.8 Å².